The molecule has 1 heterocycles. The zero-order valence-electron chi connectivity index (χ0n) is 11.4. The van der Waals surface area contributed by atoms with Gasteiger partial charge in [0.25, 0.3) is 0 Å². The molecule has 1 aromatic heterocycles. The highest BCUT2D eigenvalue weighted by molar-refractivity contribution is 7.08. The first-order chi connectivity index (χ1) is 10.4. The van der Waals surface area contributed by atoms with Gasteiger partial charge in [-0.25, -0.2) is 0 Å². The zero-order chi connectivity index (χ0) is 14.5. The Kier molecular flexibility index (Phi) is 4.12. The molecule has 0 aliphatic carbocycles. The highest BCUT2D eigenvalue weighted by atomic mass is 32.1. The number of rotatable bonds is 5. The predicted molar refractivity (Wildman–Crippen MR) is 85.9 cm³/mol. The van der Waals surface area contributed by atoms with Gasteiger partial charge in [0.2, 0.25) is 0 Å². The van der Waals surface area contributed by atoms with Gasteiger partial charge in [0.1, 0.15) is 12.4 Å². The maximum Gasteiger partial charge on any atom is 0.153 e. The van der Waals surface area contributed by atoms with Crippen LogP contribution >= 0.6 is 11.3 Å². The standard InChI is InChI=1S/C18H14O2S/c19-11-16-7-6-15(17-8-9-21-13-17)10-18(16)20-12-14-4-2-1-3-5-14/h1-11,13H,12H2. The number of hydrogen-bond acceptors (Lipinski definition) is 3. The summed E-state index contributed by atoms with van der Waals surface area (Å²) in [7, 11) is 0. The Hall–Kier alpha value is -2.39. The number of thiophene rings is 1. The van der Waals surface area contributed by atoms with E-state index in [1.807, 2.05) is 47.8 Å². The van der Waals surface area contributed by atoms with Crippen molar-refractivity contribution in [2.75, 3.05) is 0 Å². The number of aldehydes is 1. The second kappa shape index (κ2) is 6.37. The van der Waals surface area contributed by atoms with Crippen LogP contribution < -0.4 is 4.74 Å². The minimum absolute atomic E-state index is 0.453. The summed E-state index contributed by atoms with van der Waals surface area (Å²) in [4.78, 5) is 11.2. The molecule has 3 heteroatoms. The predicted octanol–water partition coefficient (Wildman–Crippen LogP) is 4.81. The summed E-state index contributed by atoms with van der Waals surface area (Å²) in [6.45, 7) is 0.453. The third-order valence-corrected chi connectivity index (χ3v) is 3.92. The van der Waals surface area contributed by atoms with Crippen LogP contribution in [0.3, 0.4) is 0 Å². The van der Waals surface area contributed by atoms with Gasteiger partial charge in [0, 0.05) is 0 Å². The lowest BCUT2D eigenvalue weighted by Crippen LogP contribution is -1.98. The molecule has 104 valence electrons. The molecule has 0 amide bonds. The fourth-order valence-corrected chi connectivity index (χ4v) is 2.77. The quantitative estimate of drug-likeness (QED) is 0.631. The lowest BCUT2D eigenvalue weighted by Gasteiger charge is -2.10. The maximum absolute atomic E-state index is 11.2. The molecule has 2 aromatic carbocycles. The first kappa shape index (κ1) is 13.6. The first-order valence-electron chi connectivity index (χ1n) is 6.65. The van der Waals surface area contributed by atoms with Crippen molar-refractivity contribution in [2.24, 2.45) is 0 Å². The molecule has 3 rings (SSSR count). The molecule has 2 nitrogen and oxygen atoms in total. The zero-order valence-corrected chi connectivity index (χ0v) is 12.2. The first-order valence-corrected chi connectivity index (χ1v) is 7.59. The van der Waals surface area contributed by atoms with E-state index in [1.54, 1.807) is 17.4 Å². The van der Waals surface area contributed by atoms with E-state index in [2.05, 4.69) is 11.4 Å². The van der Waals surface area contributed by atoms with Gasteiger partial charge in [-0.15, -0.1) is 0 Å². The Bertz CT molecular complexity index is 718. The largest absolute Gasteiger partial charge is 0.488 e. The Labute approximate surface area is 127 Å². The summed E-state index contributed by atoms with van der Waals surface area (Å²) >= 11 is 1.65. The Morgan fingerprint density at radius 3 is 2.57 bits per heavy atom. The molecule has 0 saturated carbocycles. The monoisotopic (exact) mass is 294 g/mol. The second-order valence-electron chi connectivity index (χ2n) is 4.66. The molecule has 3 aromatic rings. The minimum atomic E-state index is 0.453. The number of benzene rings is 2. The number of ether oxygens (including phenoxy) is 1. The molecule has 21 heavy (non-hydrogen) atoms. The van der Waals surface area contributed by atoms with Crippen LogP contribution in [0.2, 0.25) is 0 Å². The van der Waals surface area contributed by atoms with Crippen molar-refractivity contribution in [3.05, 3.63) is 76.5 Å². The molecule has 0 spiro atoms. The van der Waals surface area contributed by atoms with Gasteiger partial charge in [0.05, 0.1) is 5.56 Å². The molecule has 0 aliphatic heterocycles. The minimum Gasteiger partial charge on any atom is -0.488 e. The van der Waals surface area contributed by atoms with E-state index in [-0.39, 0.29) is 0 Å². The summed E-state index contributed by atoms with van der Waals surface area (Å²) in [5, 5.41) is 4.12. The fourth-order valence-electron chi connectivity index (χ4n) is 2.10. The van der Waals surface area contributed by atoms with Gasteiger partial charge in [-0.2, -0.15) is 11.3 Å². The van der Waals surface area contributed by atoms with Crippen LogP contribution in [-0.2, 0) is 6.61 Å². The van der Waals surface area contributed by atoms with Gasteiger partial charge >= 0.3 is 0 Å². The molecule has 0 bridgehead atoms. The van der Waals surface area contributed by atoms with Crippen LogP contribution in [0.4, 0.5) is 0 Å². The lowest BCUT2D eigenvalue weighted by atomic mass is 10.1. The summed E-state index contributed by atoms with van der Waals surface area (Å²) in [5.41, 5.74) is 3.85. The summed E-state index contributed by atoms with van der Waals surface area (Å²) in [6, 6.07) is 17.7. The summed E-state index contributed by atoms with van der Waals surface area (Å²) in [6.07, 6.45) is 0.831. The lowest BCUT2D eigenvalue weighted by molar-refractivity contribution is 0.111. The Balaban J connectivity index is 1.85. The fraction of sp³-hybridized carbons (Fsp3) is 0.0556. The molecule has 0 unspecified atom stereocenters. The van der Waals surface area contributed by atoms with Crippen LogP contribution in [0.25, 0.3) is 11.1 Å². The topological polar surface area (TPSA) is 26.3 Å². The maximum atomic E-state index is 11.2. The van der Waals surface area contributed by atoms with Crippen molar-refractivity contribution >= 4 is 17.6 Å². The van der Waals surface area contributed by atoms with Crippen molar-refractivity contribution in [1.82, 2.24) is 0 Å². The van der Waals surface area contributed by atoms with E-state index in [0.717, 1.165) is 23.0 Å². The van der Waals surface area contributed by atoms with Crippen LogP contribution in [0.1, 0.15) is 15.9 Å². The molecule has 0 radical (unpaired) electrons. The van der Waals surface area contributed by atoms with Crippen molar-refractivity contribution in [3.63, 3.8) is 0 Å². The van der Waals surface area contributed by atoms with Gasteiger partial charge in [-0.1, -0.05) is 36.4 Å². The van der Waals surface area contributed by atoms with E-state index in [0.29, 0.717) is 17.9 Å². The average Bonchev–Trinajstić information content (AvgIpc) is 3.08. The van der Waals surface area contributed by atoms with E-state index in [4.69, 9.17) is 4.74 Å². The molecule has 0 N–H and O–H groups in total. The highest BCUT2D eigenvalue weighted by Crippen LogP contribution is 2.28. The van der Waals surface area contributed by atoms with Crippen molar-refractivity contribution in [2.45, 2.75) is 6.61 Å². The Morgan fingerprint density at radius 2 is 1.86 bits per heavy atom. The number of hydrogen-bond donors (Lipinski definition) is 0. The van der Waals surface area contributed by atoms with Crippen LogP contribution in [0, 0.1) is 0 Å². The summed E-state index contributed by atoms with van der Waals surface area (Å²) < 4.78 is 5.82. The van der Waals surface area contributed by atoms with Crippen molar-refractivity contribution in [3.8, 4) is 16.9 Å². The van der Waals surface area contributed by atoms with Crippen molar-refractivity contribution in [1.29, 1.82) is 0 Å². The Morgan fingerprint density at radius 1 is 1.00 bits per heavy atom. The van der Waals surface area contributed by atoms with E-state index < -0.39 is 0 Å². The van der Waals surface area contributed by atoms with E-state index in [9.17, 15) is 4.79 Å². The third kappa shape index (κ3) is 3.20. The van der Waals surface area contributed by atoms with Crippen molar-refractivity contribution < 1.29 is 9.53 Å². The van der Waals surface area contributed by atoms with Crippen LogP contribution in [-0.4, -0.2) is 6.29 Å². The van der Waals surface area contributed by atoms with E-state index in [1.165, 1.54) is 0 Å². The molecule has 0 aliphatic rings. The summed E-state index contributed by atoms with van der Waals surface area (Å²) in [5.74, 6) is 0.623. The molecular formula is C18H14O2S. The van der Waals surface area contributed by atoms with Gasteiger partial charge in [0.15, 0.2) is 6.29 Å². The molecule has 0 atom stereocenters. The van der Waals surface area contributed by atoms with Gasteiger partial charge in [-0.05, 0) is 45.6 Å². The average molecular weight is 294 g/mol. The van der Waals surface area contributed by atoms with Gasteiger partial charge in [-0.3, -0.25) is 4.79 Å². The smallest absolute Gasteiger partial charge is 0.153 e. The number of carbonyl (C=O) groups is 1. The SMILES string of the molecule is O=Cc1ccc(-c2ccsc2)cc1OCc1ccccc1. The van der Waals surface area contributed by atoms with Crippen LogP contribution in [0.15, 0.2) is 65.4 Å². The highest BCUT2D eigenvalue weighted by Gasteiger charge is 2.07. The van der Waals surface area contributed by atoms with Gasteiger partial charge < -0.3 is 4.74 Å². The second-order valence-corrected chi connectivity index (χ2v) is 5.44. The molecule has 0 fully saturated rings. The molecular weight excluding hydrogens is 280 g/mol. The third-order valence-electron chi connectivity index (χ3n) is 3.23. The van der Waals surface area contributed by atoms with E-state index >= 15 is 0 Å². The van der Waals surface area contributed by atoms with Crippen LogP contribution in [0.5, 0.6) is 5.75 Å². The number of carbonyl (C=O) groups excluding carboxylic acids is 1. The molecule has 0 saturated heterocycles. The normalized spacial score (nSPS) is 10.3.